The molecule has 1 aromatic carbocycles. The number of aromatic nitrogens is 6. The zero-order valence-corrected chi connectivity index (χ0v) is 16.9. The molecule has 11 heteroatoms. The zero-order chi connectivity index (χ0) is 22.6. The van der Waals surface area contributed by atoms with Gasteiger partial charge in [0.15, 0.2) is 17.3 Å². The van der Waals surface area contributed by atoms with Gasteiger partial charge in [0.2, 0.25) is 0 Å². The summed E-state index contributed by atoms with van der Waals surface area (Å²) in [4.78, 5) is 7.80. The van der Waals surface area contributed by atoms with Crippen LogP contribution in [-0.2, 0) is 19.0 Å². The summed E-state index contributed by atoms with van der Waals surface area (Å²) in [7, 11) is 0. The van der Waals surface area contributed by atoms with E-state index in [1.807, 2.05) is 24.3 Å². The zero-order valence-electron chi connectivity index (χ0n) is 16.9. The van der Waals surface area contributed by atoms with Gasteiger partial charge in [0.25, 0.3) is 0 Å². The fraction of sp³-hybridized carbons (Fsp3) is 0.190. The second-order valence-electron chi connectivity index (χ2n) is 6.93. The third-order valence-electron chi connectivity index (χ3n) is 4.45. The average Bonchev–Trinajstić information content (AvgIpc) is 3.27. The topological polar surface area (TPSA) is 102 Å². The van der Waals surface area contributed by atoms with Gasteiger partial charge < -0.3 is 10.1 Å². The molecule has 0 spiro atoms. The maximum atomic E-state index is 13.3. The van der Waals surface area contributed by atoms with Crippen LogP contribution in [0.3, 0.4) is 0 Å². The molecular formula is C21H18F3N7O. The van der Waals surface area contributed by atoms with Crippen molar-refractivity contribution >= 4 is 11.5 Å². The smallest absolute Gasteiger partial charge is 0.437 e. The number of H-pyrrole nitrogens is 1. The molecule has 4 rings (SSSR count). The lowest BCUT2D eigenvalue weighted by atomic mass is 10.1. The fourth-order valence-corrected chi connectivity index (χ4v) is 3.00. The molecule has 0 amide bonds. The number of benzene rings is 1. The van der Waals surface area contributed by atoms with Crippen LogP contribution >= 0.6 is 0 Å². The molecule has 8 nitrogen and oxygen atoms in total. The first-order valence-corrected chi connectivity index (χ1v) is 9.64. The molecule has 0 radical (unpaired) electrons. The van der Waals surface area contributed by atoms with Crippen LogP contribution in [0, 0.1) is 6.92 Å². The number of halogens is 3. The van der Waals surface area contributed by atoms with E-state index >= 15 is 0 Å². The van der Waals surface area contributed by atoms with Crippen molar-refractivity contribution in [1.29, 1.82) is 0 Å². The van der Waals surface area contributed by atoms with Crippen molar-refractivity contribution in [3.8, 4) is 11.5 Å². The molecule has 0 aliphatic heterocycles. The van der Waals surface area contributed by atoms with Crippen LogP contribution in [0.25, 0.3) is 0 Å². The number of aryl methyl sites for hydroxylation is 3. The predicted molar refractivity (Wildman–Crippen MR) is 110 cm³/mol. The Hall–Kier alpha value is -4.02. The van der Waals surface area contributed by atoms with Gasteiger partial charge in [0.1, 0.15) is 11.6 Å². The van der Waals surface area contributed by atoms with Gasteiger partial charge in [-0.05, 0) is 49.2 Å². The SMILES string of the molecule is Cc1ccc(Oc2ccnc(Nc3cccc(CCc4nn[nH]n4)c3)c2)c(C(F)(F)F)n1. The first-order chi connectivity index (χ1) is 15.4. The van der Waals surface area contributed by atoms with Crippen LogP contribution in [0.15, 0.2) is 54.7 Å². The van der Waals surface area contributed by atoms with Crippen LogP contribution in [0.2, 0.25) is 0 Å². The van der Waals surface area contributed by atoms with Crippen molar-refractivity contribution in [3.05, 3.63) is 77.5 Å². The van der Waals surface area contributed by atoms with Gasteiger partial charge in [-0.1, -0.05) is 17.3 Å². The highest BCUT2D eigenvalue weighted by Crippen LogP contribution is 2.37. The van der Waals surface area contributed by atoms with Crippen molar-refractivity contribution in [3.63, 3.8) is 0 Å². The van der Waals surface area contributed by atoms with E-state index in [4.69, 9.17) is 4.74 Å². The van der Waals surface area contributed by atoms with Crippen LogP contribution in [0.1, 0.15) is 22.8 Å². The first-order valence-electron chi connectivity index (χ1n) is 9.64. The predicted octanol–water partition coefficient (Wildman–Crippen LogP) is 4.64. The molecule has 0 bridgehead atoms. The summed E-state index contributed by atoms with van der Waals surface area (Å²) in [6, 6.07) is 13.4. The van der Waals surface area contributed by atoms with Crippen LogP contribution in [0.5, 0.6) is 11.5 Å². The van der Waals surface area contributed by atoms with Crippen molar-refractivity contribution < 1.29 is 17.9 Å². The minimum Gasteiger partial charge on any atom is -0.455 e. The maximum Gasteiger partial charge on any atom is 0.437 e. The van der Waals surface area contributed by atoms with Gasteiger partial charge in [-0.2, -0.15) is 18.4 Å². The third kappa shape index (κ3) is 5.36. The van der Waals surface area contributed by atoms with E-state index in [-0.39, 0.29) is 17.2 Å². The summed E-state index contributed by atoms with van der Waals surface area (Å²) >= 11 is 0. The lowest BCUT2D eigenvalue weighted by molar-refractivity contribution is -0.142. The van der Waals surface area contributed by atoms with Crippen molar-refractivity contribution in [2.24, 2.45) is 0 Å². The summed E-state index contributed by atoms with van der Waals surface area (Å²) in [6.07, 6.45) is -1.83. The molecule has 2 N–H and O–H groups in total. The molecule has 0 saturated carbocycles. The van der Waals surface area contributed by atoms with Crippen LogP contribution in [0.4, 0.5) is 24.7 Å². The second-order valence-corrected chi connectivity index (χ2v) is 6.93. The minimum absolute atomic E-state index is 0.201. The highest BCUT2D eigenvalue weighted by atomic mass is 19.4. The molecule has 0 aliphatic rings. The minimum atomic E-state index is -4.63. The van der Waals surface area contributed by atoms with E-state index in [0.29, 0.717) is 24.5 Å². The van der Waals surface area contributed by atoms with Gasteiger partial charge in [-0.25, -0.2) is 9.97 Å². The Morgan fingerprint density at radius 3 is 2.72 bits per heavy atom. The van der Waals surface area contributed by atoms with E-state index in [2.05, 4.69) is 35.9 Å². The molecule has 32 heavy (non-hydrogen) atoms. The van der Waals surface area contributed by atoms with E-state index < -0.39 is 11.9 Å². The number of hydrogen-bond acceptors (Lipinski definition) is 7. The highest BCUT2D eigenvalue weighted by Gasteiger charge is 2.36. The number of rotatable bonds is 7. The Morgan fingerprint density at radius 1 is 1.06 bits per heavy atom. The average molecular weight is 441 g/mol. The van der Waals surface area contributed by atoms with Gasteiger partial charge in [-0.15, -0.1) is 10.2 Å². The Bertz CT molecular complexity index is 1200. The second kappa shape index (κ2) is 9.00. The van der Waals surface area contributed by atoms with Crippen LogP contribution < -0.4 is 10.1 Å². The van der Waals surface area contributed by atoms with Crippen molar-refractivity contribution in [2.75, 3.05) is 5.32 Å². The summed E-state index contributed by atoms with van der Waals surface area (Å²) in [5.74, 6) is 0.876. The Morgan fingerprint density at radius 2 is 1.94 bits per heavy atom. The largest absolute Gasteiger partial charge is 0.455 e. The fourth-order valence-electron chi connectivity index (χ4n) is 3.00. The molecule has 3 aromatic heterocycles. The summed E-state index contributed by atoms with van der Waals surface area (Å²) in [6.45, 7) is 1.49. The number of ether oxygens (including phenoxy) is 1. The number of aromatic amines is 1. The molecule has 0 saturated heterocycles. The molecule has 3 heterocycles. The van der Waals surface area contributed by atoms with Gasteiger partial charge in [0, 0.05) is 30.1 Å². The highest BCUT2D eigenvalue weighted by molar-refractivity contribution is 5.58. The quantitative estimate of drug-likeness (QED) is 0.431. The summed E-state index contributed by atoms with van der Waals surface area (Å²) < 4.78 is 45.4. The van der Waals surface area contributed by atoms with Gasteiger partial charge >= 0.3 is 6.18 Å². The number of anilines is 2. The lowest BCUT2D eigenvalue weighted by Gasteiger charge is -2.14. The van der Waals surface area contributed by atoms with E-state index in [1.165, 1.54) is 37.4 Å². The number of nitrogens with one attached hydrogen (secondary N) is 2. The molecule has 0 fully saturated rings. The summed E-state index contributed by atoms with van der Waals surface area (Å²) in [5.41, 5.74) is 1.00. The van der Waals surface area contributed by atoms with E-state index in [0.717, 1.165) is 11.3 Å². The standard InChI is InChI=1S/C21H18F3N7O/c1-13-5-7-17(20(26-13)21(22,23)24)32-16-9-10-25-19(12-16)27-15-4-2-3-14(11-15)6-8-18-28-30-31-29-18/h2-5,7,9-12H,6,8H2,1H3,(H,25,27)(H,28,29,30,31). The summed E-state index contributed by atoms with van der Waals surface area (Å²) in [5, 5.41) is 17.0. The first kappa shape index (κ1) is 21.2. The van der Waals surface area contributed by atoms with Crippen molar-refractivity contribution in [2.45, 2.75) is 25.9 Å². The van der Waals surface area contributed by atoms with E-state index in [9.17, 15) is 13.2 Å². The van der Waals surface area contributed by atoms with Crippen molar-refractivity contribution in [1.82, 2.24) is 30.6 Å². The number of nitrogens with zero attached hydrogens (tertiary/aromatic N) is 5. The van der Waals surface area contributed by atoms with Crippen LogP contribution in [-0.4, -0.2) is 30.6 Å². The molecule has 0 unspecified atom stereocenters. The monoisotopic (exact) mass is 441 g/mol. The van der Waals surface area contributed by atoms with Gasteiger partial charge in [0.05, 0.1) is 0 Å². The lowest BCUT2D eigenvalue weighted by Crippen LogP contribution is -2.10. The number of tetrazole rings is 1. The number of hydrogen-bond donors (Lipinski definition) is 2. The number of alkyl halides is 3. The maximum absolute atomic E-state index is 13.3. The molecule has 164 valence electrons. The molecule has 4 aromatic rings. The number of pyridine rings is 2. The van der Waals surface area contributed by atoms with E-state index in [1.54, 1.807) is 0 Å². The Labute approximate surface area is 180 Å². The third-order valence-corrected chi connectivity index (χ3v) is 4.45. The normalized spacial score (nSPS) is 11.4. The molecule has 0 atom stereocenters. The molecular weight excluding hydrogens is 423 g/mol. The Balaban J connectivity index is 1.48. The van der Waals surface area contributed by atoms with Gasteiger partial charge in [-0.3, -0.25) is 0 Å². The Kier molecular flexibility index (Phi) is 5.97. The molecule has 0 aliphatic carbocycles.